The van der Waals surface area contributed by atoms with Crippen molar-refractivity contribution < 1.29 is 0 Å². The number of thiazole rings is 1. The summed E-state index contributed by atoms with van der Waals surface area (Å²) in [5.41, 5.74) is 16.3. The normalized spacial score (nSPS) is 11.2. The molecule has 0 bridgehead atoms. The molecule has 9 heteroatoms. The van der Waals surface area contributed by atoms with Gasteiger partial charge >= 0.3 is 0 Å². The summed E-state index contributed by atoms with van der Waals surface area (Å²) in [6, 6.07) is 11.3. The van der Waals surface area contributed by atoms with Crippen molar-refractivity contribution in [3.63, 3.8) is 0 Å². The molecule has 8 nitrogen and oxygen atoms in total. The van der Waals surface area contributed by atoms with E-state index in [0.29, 0.717) is 22.1 Å². The van der Waals surface area contributed by atoms with E-state index >= 15 is 0 Å². The molecule has 2 heterocycles. The molecule has 23 heavy (non-hydrogen) atoms. The van der Waals surface area contributed by atoms with Crippen LogP contribution in [-0.2, 0) is 0 Å². The van der Waals surface area contributed by atoms with Crippen LogP contribution in [0, 0.1) is 11.3 Å². The molecule has 0 saturated carbocycles. The van der Waals surface area contributed by atoms with Gasteiger partial charge in [0.1, 0.15) is 22.6 Å². The minimum atomic E-state index is 0.164. The van der Waals surface area contributed by atoms with Crippen molar-refractivity contribution in [2.75, 3.05) is 16.9 Å². The zero-order valence-corrected chi connectivity index (χ0v) is 12.6. The number of rotatable bonds is 4. The van der Waals surface area contributed by atoms with Gasteiger partial charge in [0.2, 0.25) is 0 Å². The van der Waals surface area contributed by atoms with E-state index in [1.165, 1.54) is 11.3 Å². The number of para-hydroxylation sites is 1. The predicted octanol–water partition coefficient (Wildman–Crippen LogP) is 2.04. The maximum atomic E-state index is 9.28. The Morgan fingerprint density at radius 3 is 2.74 bits per heavy atom. The van der Waals surface area contributed by atoms with Crippen LogP contribution in [0.2, 0.25) is 0 Å². The molecule has 0 saturated heterocycles. The number of nitrogens with one attached hydrogen (secondary N) is 2. The monoisotopic (exact) mass is 324 g/mol. The second-order valence-electron chi connectivity index (χ2n) is 4.49. The molecule has 0 atom stereocenters. The number of benzene rings is 1. The van der Waals surface area contributed by atoms with Crippen molar-refractivity contribution in [1.29, 1.82) is 5.26 Å². The quantitative estimate of drug-likeness (QED) is 0.427. The first-order chi connectivity index (χ1) is 11.2. The van der Waals surface area contributed by atoms with Crippen LogP contribution in [0.4, 0.5) is 17.3 Å². The van der Waals surface area contributed by atoms with E-state index in [-0.39, 0.29) is 11.5 Å². The van der Waals surface area contributed by atoms with Crippen molar-refractivity contribution in [2.24, 2.45) is 5.10 Å². The van der Waals surface area contributed by atoms with E-state index in [4.69, 9.17) is 11.5 Å². The summed E-state index contributed by atoms with van der Waals surface area (Å²) >= 11 is 1.31. The van der Waals surface area contributed by atoms with Crippen LogP contribution in [0.5, 0.6) is 0 Å². The highest BCUT2D eigenvalue weighted by Crippen LogP contribution is 2.32. The number of hydrogen-bond donors (Lipinski definition) is 4. The Morgan fingerprint density at radius 2 is 2.09 bits per heavy atom. The number of nitrogen functional groups attached to an aromatic ring is 2. The Hall–Kier alpha value is -3.38. The van der Waals surface area contributed by atoms with E-state index < -0.39 is 0 Å². The molecule has 1 aromatic carbocycles. The Morgan fingerprint density at radius 1 is 1.30 bits per heavy atom. The van der Waals surface area contributed by atoms with E-state index in [2.05, 4.69) is 25.7 Å². The zero-order chi connectivity index (χ0) is 16.2. The van der Waals surface area contributed by atoms with Crippen LogP contribution >= 0.6 is 11.3 Å². The number of anilines is 3. The van der Waals surface area contributed by atoms with Gasteiger partial charge in [-0.2, -0.15) is 15.5 Å². The molecule has 0 aliphatic carbocycles. The molecule has 114 valence electrons. The molecule has 3 rings (SSSR count). The zero-order valence-electron chi connectivity index (χ0n) is 11.8. The Balaban J connectivity index is 1.88. The van der Waals surface area contributed by atoms with E-state index in [0.717, 1.165) is 5.69 Å². The summed E-state index contributed by atoms with van der Waals surface area (Å²) in [5.74, 6) is 0.600. The van der Waals surface area contributed by atoms with Gasteiger partial charge in [0.05, 0.1) is 11.3 Å². The topological polar surface area (TPSA) is 142 Å². The molecule has 0 fully saturated rings. The minimum absolute atomic E-state index is 0.164. The summed E-state index contributed by atoms with van der Waals surface area (Å²) in [6.45, 7) is 0. The third-order valence-electron chi connectivity index (χ3n) is 2.96. The van der Waals surface area contributed by atoms with Gasteiger partial charge in [0, 0.05) is 5.38 Å². The fourth-order valence-corrected chi connectivity index (χ4v) is 2.74. The number of aromatic amines is 1. The van der Waals surface area contributed by atoms with Crippen LogP contribution in [0.1, 0.15) is 5.69 Å². The lowest BCUT2D eigenvalue weighted by Crippen LogP contribution is -2.02. The van der Waals surface area contributed by atoms with Crippen LogP contribution in [0.3, 0.4) is 0 Å². The maximum absolute atomic E-state index is 9.28. The fourth-order valence-electron chi connectivity index (χ4n) is 1.87. The van der Waals surface area contributed by atoms with Gasteiger partial charge in [-0.3, -0.25) is 10.5 Å². The number of aromatic nitrogens is 3. The first-order valence-electron chi connectivity index (χ1n) is 6.53. The summed E-state index contributed by atoms with van der Waals surface area (Å²) in [5, 5.41) is 22.1. The Kier molecular flexibility index (Phi) is 3.90. The lowest BCUT2D eigenvalue weighted by molar-refractivity contribution is 1.11. The molecule has 0 aliphatic heterocycles. The number of hydrogen-bond acceptors (Lipinski definition) is 8. The molecular weight excluding hydrogens is 312 g/mol. The highest BCUT2D eigenvalue weighted by molar-refractivity contribution is 7.13. The first-order valence-corrected chi connectivity index (χ1v) is 7.41. The molecule has 3 aromatic rings. The van der Waals surface area contributed by atoms with Crippen LogP contribution in [0.15, 0.2) is 40.8 Å². The van der Waals surface area contributed by atoms with Crippen LogP contribution < -0.4 is 16.9 Å². The molecule has 0 amide bonds. The molecule has 0 spiro atoms. The van der Waals surface area contributed by atoms with Crippen molar-refractivity contribution in [2.45, 2.75) is 0 Å². The van der Waals surface area contributed by atoms with Gasteiger partial charge in [0.25, 0.3) is 0 Å². The second kappa shape index (κ2) is 6.17. The Labute approximate surface area is 135 Å². The molecule has 0 unspecified atom stereocenters. The number of H-pyrrole nitrogens is 1. The number of nitrogens with zero attached hydrogens (tertiary/aromatic N) is 4. The highest BCUT2D eigenvalue weighted by Gasteiger charge is 2.16. The summed E-state index contributed by atoms with van der Waals surface area (Å²) < 4.78 is 0. The molecule has 6 N–H and O–H groups in total. The summed E-state index contributed by atoms with van der Waals surface area (Å²) in [7, 11) is 0. The second-order valence-corrected chi connectivity index (χ2v) is 5.34. The lowest BCUT2D eigenvalue weighted by Gasteiger charge is -1.99. The van der Waals surface area contributed by atoms with Gasteiger partial charge < -0.3 is 11.5 Å². The van der Waals surface area contributed by atoms with Crippen molar-refractivity contribution in [3.05, 3.63) is 41.4 Å². The third kappa shape index (κ3) is 2.97. The van der Waals surface area contributed by atoms with Gasteiger partial charge in [-0.25, -0.2) is 4.98 Å². The van der Waals surface area contributed by atoms with Crippen molar-refractivity contribution >= 4 is 34.4 Å². The van der Waals surface area contributed by atoms with Crippen LogP contribution in [0.25, 0.3) is 10.6 Å². The maximum Gasteiger partial charge on any atom is 0.187 e. The number of nitrogens with two attached hydrogens (primary N) is 2. The molecular formula is C14H12N8S. The van der Waals surface area contributed by atoms with E-state index in [9.17, 15) is 5.26 Å². The van der Waals surface area contributed by atoms with Gasteiger partial charge in [-0.15, -0.1) is 11.3 Å². The summed E-state index contributed by atoms with van der Waals surface area (Å²) in [6.07, 6.45) is 0. The number of nitriles is 1. The SMILES string of the molecule is N#C/C(=N\Nc1ccccc1)c1csc(-c2c(N)n[nH]c2N)n1. The number of hydrazone groups is 1. The van der Waals surface area contributed by atoms with Gasteiger partial charge in [-0.1, -0.05) is 18.2 Å². The lowest BCUT2D eigenvalue weighted by atomic mass is 10.3. The molecule has 2 aromatic heterocycles. The van der Waals surface area contributed by atoms with E-state index in [1.54, 1.807) is 5.38 Å². The van der Waals surface area contributed by atoms with Gasteiger partial charge in [0.15, 0.2) is 11.5 Å². The first kappa shape index (κ1) is 14.6. The average molecular weight is 324 g/mol. The average Bonchev–Trinajstić information content (AvgIpc) is 3.16. The summed E-state index contributed by atoms with van der Waals surface area (Å²) in [4.78, 5) is 4.36. The largest absolute Gasteiger partial charge is 0.383 e. The minimum Gasteiger partial charge on any atom is -0.383 e. The molecule has 0 radical (unpaired) electrons. The fraction of sp³-hybridized carbons (Fsp3) is 0. The predicted molar refractivity (Wildman–Crippen MR) is 90.7 cm³/mol. The van der Waals surface area contributed by atoms with E-state index in [1.807, 2.05) is 36.4 Å². The smallest absolute Gasteiger partial charge is 0.187 e. The standard InChI is InChI=1S/C14H12N8S/c15-6-9(20-19-8-4-2-1-3-5-8)10-7-23-14(18-10)11-12(16)21-22-13(11)17/h1-5,7,19H,(H5,16,17,21,22)/b20-9+. The molecule has 0 aliphatic rings. The highest BCUT2D eigenvalue weighted by atomic mass is 32.1. The Bertz CT molecular complexity index is 868. The van der Waals surface area contributed by atoms with Gasteiger partial charge in [-0.05, 0) is 12.1 Å². The van der Waals surface area contributed by atoms with Crippen molar-refractivity contribution in [3.8, 4) is 16.6 Å². The van der Waals surface area contributed by atoms with Crippen LogP contribution in [-0.4, -0.2) is 20.9 Å². The third-order valence-corrected chi connectivity index (χ3v) is 3.82. The van der Waals surface area contributed by atoms with Crippen molar-refractivity contribution in [1.82, 2.24) is 15.2 Å².